The van der Waals surface area contributed by atoms with Crippen molar-refractivity contribution in [3.05, 3.63) is 64.6 Å². The first-order valence-electron chi connectivity index (χ1n) is 15.8. The molecule has 49 heavy (non-hydrogen) atoms. The Labute approximate surface area is 275 Å². The summed E-state index contributed by atoms with van der Waals surface area (Å²) in [4.78, 5) is 37.5. The molecule has 3 fully saturated rings. The zero-order valence-electron chi connectivity index (χ0n) is 26.1. The Bertz CT molecular complexity index is 1680. The van der Waals surface area contributed by atoms with Crippen molar-refractivity contribution in [3.63, 3.8) is 0 Å². The van der Waals surface area contributed by atoms with Crippen molar-refractivity contribution < 1.29 is 55.0 Å². The number of carbonyl (C=O) groups is 2. The molecular formula is C33H33F7N4O5. The molecule has 2 aromatic rings. The van der Waals surface area contributed by atoms with E-state index in [9.17, 15) is 45.4 Å². The van der Waals surface area contributed by atoms with Crippen molar-refractivity contribution in [2.24, 2.45) is 34.7 Å². The Kier molecular flexibility index (Phi) is 9.37. The van der Waals surface area contributed by atoms with Gasteiger partial charge in [-0.25, -0.2) is 9.37 Å². The molecule has 0 spiro atoms. The number of ether oxygens (including phenoxy) is 1. The number of hydrogen-bond acceptors (Lipinski definition) is 7. The highest BCUT2D eigenvalue weighted by atomic mass is 19.4. The minimum atomic E-state index is -5.03. The lowest BCUT2D eigenvalue weighted by Gasteiger charge is -2.30. The number of aliphatic hydroxyl groups excluding tert-OH is 1. The van der Waals surface area contributed by atoms with Gasteiger partial charge in [-0.1, -0.05) is 16.8 Å². The first-order chi connectivity index (χ1) is 23.2. The van der Waals surface area contributed by atoms with Gasteiger partial charge in [-0.15, -0.1) is 0 Å². The third-order valence-electron chi connectivity index (χ3n) is 9.93. The SMILES string of the molecule is COc1ncc(C2=NOC3CC(CO)CC23)cc1C(=O)N[C@H]1[C@@H](C(=O)Nc2ccc(F)c(C(F)(F)F)c2)[C@H]2CC[C@@H]1/C2=C\CCC(F)(F)F. The number of aromatic nitrogens is 1. The summed E-state index contributed by atoms with van der Waals surface area (Å²) in [7, 11) is 1.31. The number of nitrogens with zero attached hydrogens (tertiary/aromatic N) is 2. The smallest absolute Gasteiger partial charge is 0.419 e. The molecule has 1 aromatic carbocycles. The summed E-state index contributed by atoms with van der Waals surface area (Å²) in [6.45, 7) is -0.00621. The number of oxime groups is 1. The predicted octanol–water partition coefficient (Wildman–Crippen LogP) is 6.03. The van der Waals surface area contributed by atoms with E-state index in [0.29, 0.717) is 54.7 Å². The maximum absolute atomic E-state index is 13.9. The minimum absolute atomic E-state index is 0.00621. The lowest BCUT2D eigenvalue weighted by molar-refractivity contribution is -0.140. The summed E-state index contributed by atoms with van der Waals surface area (Å²) in [5.74, 6) is -5.34. The number of halogens is 7. The second-order valence-electron chi connectivity index (χ2n) is 12.9. The van der Waals surface area contributed by atoms with Crippen molar-refractivity contribution in [2.45, 2.75) is 63.0 Å². The molecule has 1 aliphatic heterocycles. The Hall–Kier alpha value is -4.21. The van der Waals surface area contributed by atoms with Gasteiger partial charge in [0.15, 0.2) is 0 Å². The van der Waals surface area contributed by atoms with Crippen molar-refractivity contribution in [1.29, 1.82) is 0 Å². The number of rotatable bonds is 9. The Balaban J connectivity index is 1.29. The average molecular weight is 699 g/mol. The number of amides is 2. The van der Waals surface area contributed by atoms with E-state index in [0.717, 1.165) is 6.07 Å². The van der Waals surface area contributed by atoms with E-state index < -0.39 is 65.8 Å². The van der Waals surface area contributed by atoms with Crippen LogP contribution in [0.2, 0.25) is 0 Å². The van der Waals surface area contributed by atoms with Crippen LogP contribution in [0.1, 0.15) is 60.0 Å². The van der Waals surface area contributed by atoms with Crippen LogP contribution in [-0.2, 0) is 15.8 Å². The zero-order valence-corrected chi connectivity index (χ0v) is 26.1. The van der Waals surface area contributed by atoms with E-state index in [2.05, 4.69) is 20.8 Å². The van der Waals surface area contributed by atoms with Crippen LogP contribution in [0, 0.1) is 35.4 Å². The quantitative estimate of drug-likeness (QED) is 0.217. The second-order valence-corrected chi connectivity index (χ2v) is 12.9. The standard InChI is InChI=1S/C33H33F7N4O5/c1-48-31-22(11-16(13-41-31)27-21-9-15(14-45)10-25(21)49-44-27)29(46)43-28-20-6-5-19(18(20)3-2-8-32(35,36)37)26(28)30(47)42-17-4-7-24(34)23(12-17)33(38,39)40/h3-4,7,11-13,15,19-21,25-26,28,45H,2,5-6,8-10,14H2,1H3,(H,42,47)(H,43,46)/b18-3-/t15?,19-,20+,21?,25?,26-,28+/m0/s1. The van der Waals surface area contributed by atoms with Crippen molar-refractivity contribution in [2.75, 3.05) is 19.0 Å². The zero-order chi connectivity index (χ0) is 35.2. The van der Waals surface area contributed by atoms with E-state index in [4.69, 9.17) is 9.57 Å². The summed E-state index contributed by atoms with van der Waals surface area (Å²) in [6.07, 6.45) is -6.12. The fourth-order valence-corrected chi connectivity index (χ4v) is 7.79. The summed E-state index contributed by atoms with van der Waals surface area (Å²) in [5.41, 5.74) is -0.338. The Morgan fingerprint density at radius 2 is 1.84 bits per heavy atom. The highest BCUT2D eigenvalue weighted by Crippen LogP contribution is 2.53. The Morgan fingerprint density at radius 3 is 2.53 bits per heavy atom. The van der Waals surface area contributed by atoms with Gasteiger partial charge in [-0.2, -0.15) is 26.3 Å². The summed E-state index contributed by atoms with van der Waals surface area (Å²) >= 11 is 0. The van der Waals surface area contributed by atoms with Gasteiger partial charge in [-0.3, -0.25) is 9.59 Å². The van der Waals surface area contributed by atoms with E-state index in [1.54, 1.807) is 0 Å². The number of anilines is 1. The topological polar surface area (TPSA) is 122 Å². The van der Waals surface area contributed by atoms with E-state index in [1.807, 2.05) is 0 Å². The van der Waals surface area contributed by atoms with Crippen LogP contribution in [0.25, 0.3) is 0 Å². The number of allylic oxidation sites excluding steroid dienone is 1. The van der Waals surface area contributed by atoms with E-state index >= 15 is 0 Å². The molecule has 4 aliphatic rings. The van der Waals surface area contributed by atoms with E-state index in [-0.39, 0.29) is 48.1 Å². The van der Waals surface area contributed by atoms with E-state index in [1.165, 1.54) is 25.4 Å². The molecule has 2 heterocycles. The number of fused-ring (bicyclic) bond motifs is 3. The van der Waals surface area contributed by atoms with Gasteiger partial charge in [0.05, 0.1) is 24.3 Å². The number of pyridine rings is 1. The van der Waals surface area contributed by atoms with Gasteiger partial charge in [0.25, 0.3) is 5.91 Å². The third-order valence-corrected chi connectivity index (χ3v) is 9.93. The number of hydrogen-bond donors (Lipinski definition) is 3. The molecule has 3 saturated carbocycles. The maximum atomic E-state index is 13.9. The van der Waals surface area contributed by atoms with Crippen LogP contribution in [0.3, 0.4) is 0 Å². The van der Waals surface area contributed by atoms with Crippen molar-refractivity contribution >= 4 is 23.2 Å². The molecule has 0 saturated heterocycles. The fourth-order valence-electron chi connectivity index (χ4n) is 7.79. The average Bonchev–Trinajstić information content (AvgIpc) is 3.80. The lowest BCUT2D eigenvalue weighted by Crippen LogP contribution is -2.48. The molecule has 1 aromatic heterocycles. The fraction of sp³-hybridized carbons (Fsp3) is 0.515. The molecule has 3 unspecified atom stereocenters. The molecule has 6 rings (SSSR count). The van der Waals surface area contributed by atoms with Crippen molar-refractivity contribution in [3.8, 4) is 5.88 Å². The van der Waals surface area contributed by atoms with Gasteiger partial charge < -0.3 is 25.3 Å². The number of alkyl halides is 6. The number of methoxy groups -OCH3 is 1. The first kappa shape index (κ1) is 34.6. The molecule has 16 heteroatoms. The normalized spacial score (nSPS) is 28.3. The van der Waals surface area contributed by atoms with Crippen LogP contribution < -0.4 is 15.4 Å². The molecular weight excluding hydrogens is 665 g/mol. The number of carbonyl (C=O) groups excluding carboxylic acids is 2. The van der Waals surface area contributed by atoms with Crippen LogP contribution >= 0.6 is 0 Å². The van der Waals surface area contributed by atoms with Crippen LogP contribution in [0.4, 0.5) is 36.4 Å². The molecule has 0 radical (unpaired) electrons. The largest absolute Gasteiger partial charge is 0.480 e. The molecule has 2 amide bonds. The number of benzene rings is 1. The minimum Gasteiger partial charge on any atom is -0.480 e. The number of aliphatic hydroxyl groups is 1. The van der Waals surface area contributed by atoms with Crippen LogP contribution in [-0.4, -0.2) is 59.7 Å². The first-order valence-corrected chi connectivity index (χ1v) is 15.8. The van der Waals surface area contributed by atoms with Crippen molar-refractivity contribution in [1.82, 2.24) is 10.3 Å². The maximum Gasteiger partial charge on any atom is 0.419 e. The highest BCUT2D eigenvalue weighted by Gasteiger charge is 2.55. The van der Waals surface area contributed by atoms with Crippen LogP contribution in [0.5, 0.6) is 5.88 Å². The predicted molar refractivity (Wildman–Crippen MR) is 160 cm³/mol. The summed E-state index contributed by atoms with van der Waals surface area (Å²) in [6, 6.07) is 2.57. The molecule has 3 N–H and O–H groups in total. The molecule has 9 nitrogen and oxygen atoms in total. The molecule has 264 valence electrons. The van der Waals surface area contributed by atoms with Gasteiger partial charge >= 0.3 is 12.4 Å². The van der Waals surface area contributed by atoms with Gasteiger partial charge in [0.2, 0.25) is 11.8 Å². The molecule has 2 bridgehead atoms. The summed E-state index contributed by atoms with van der Waals surface area (Å²) < 4.78 is 98.3. The Morgan fingerprint density at radius 1 is 1.08 bits per heavy atom. The van der Waals surface area contributed by atoms with Gasteiger partial charge in [-0.05, 0) is 68.2 Å². The number of nitrogens with one attached hydrogen (secondary N) is 2. The highest BCUT2D eigenvalue weighted by molar-refractivity contribution is 6.06. The molecule has 3 aliphatic carbocycles. The lowest BCUT2D eigenvalue weighted by atomic mass is 9.83. The monoisotopic (exact) mass is 698 g/mol. The summed E-state index contributed by atoms with van der Waals surface area (Å²) in [5, 5.41) is 19.1. The van der Waals surface area contributed by atoms with Gasteiger partial charge in [0.1, 0.15) is 17.5 Å². The van der Waals surface area contributed by atoms with Crippen LogP contribution in [0.15, 0.2) is 47.3 Å². The third kappa shape index (κ3) is 6.96. The molecule has 7 atom stereocenters. The van der Waals surface area contributed by atoms with Gasteiger partial charge in [0, 0.05) is 48.4 Å². The second kappa shape index (κ2) is 13.2.